The molecule has 1 atom stereocenters. The number of piperidine rings is 1. The van der Waals surface area contributed by atoms with E-state index in [1.165, 1.54) is 0 Å². The van der Waals surface area contributed by atoms with E-state index in [1.54, 1.807) is 29.4 Å². The van der Waals surface area contributed by atoms with E-state index in [2.05, 4.69) is 9.97 Å². The summed E-state index contributed by atoms with van der Waals surface area (Å²) in [5.74, 6) is 1.54. The molecule has 1 amide bonds. The van der Waals surface area contributed by atoms with Gasteiger partial charge in [-0.3, -0.25) is 19.1 Å². The number of fused-ring (bicyclic) bond motifs is 1. The van der Waals surface area contributed by atoms with E-state index < -0.39 is 6.10 Å². The van der Waals surface area contributed by atoms with Crippen molar-refractivity contribution < 1.29 is 14.3 Å². The van der Waals surface area contributed by atoms with Crippen molar-refractivity contribution in [1.82, 2.24) is 19.4 Å². The van der Waals surface area contributed by atoms with Crippen LogP contribution in [0.4, 0.5) is 0 Å². The molecule has 1 aromatic carbocycles. The Kier molecular flexibility index (Phi) is 5.58. The number of carbonyl (C=O) groups excluding carboxylic acids is 1. The molecular weight excluding hydrogens is 408 g/mol. The molecule has 164 valence electrons. The molecule has 4 heterocycles. The van der Waals surface area contributed by atoms with Crippen LogP contribution in [0, 0.1) is 5.92 Å². The summed E-state index contributed by atoms with van der Waals surface area (Å²) in [5.41, 5.74) is 1.36. The first-order chi connectivity index (χ1) is 15.7. The number of carbonyl (C=O) groups is 1. The molecule has 1 fully saturated rings. The van der Waals surface area contributed by atoms with Crippen LogP contribution in [0.5, 0.6) is 11.5 Å². The Hall–Kier alpha value is -3.68. The van der Waals surface area contributed by atoms with Gasteiger partial charge in [-0.05, 0) is 43.0 Å². The molecule has 1 saturated heterocycles. The van der Waals surface area contributed by atoms with Gasteiger partial charge in [0.25, 0.3) is 11.5 Å². The standard InChI is InChI=1S/C24H24N4O4/c29-23-12-19(18-4-3-9-25-13-18)26-16-28(23)14-17-7-10-27(11-8-17)24(30)22-15-31-20-5-1-2-6-21(20)32-22/h1-6,9,12-13,16-17,22H,7-8,10-11,14-15H2. The average Bonchev–Trinajstić information content (AvgIpc) is 2.85. The average molecular weight is 432 g/mol. The van der Waals surface area contributed by atoms with Crippen molar-refractivity contribution >= 4 is 5.91 Å². The Morgan fingerprint density at radius 3 is 2.66 bits per heavy atom. The van der Waals surface area contributed by atoms with Gasteiger partial charge in [0.1, 0.15) is 6.61 Å². The van der Waals surface area contributed by atoms with Gasteiger partial charge >= 0.3 is 0 Å². The van der Waals surface area contributed by atoms with Crippen LogP contribution in [0.1, 0.15) is 12.8 Å². The number of aromatic nitrogens is 3. The fourth-order valence-electron chi connectivity index (χ4n) is 4.19. The molecule has 8 heteroatoms. The second-order valence-electron chi connectivity index (χ2n) is 8.14. The lowest BCUT2D eigenvalue weighted by molar-refractivity contribution is -0.142. The minimum atomic E-state index is -0.617. The second kappa shape index (κ2) is 8.82. The van der Waals surface area contributed by atoms with Gasteiger partial charge in [-0.2, -0.15) is 0 Å². The molecule has 1 unspecified atom stereocenters. The number of hydrogen-bond acceptors (Lipinski definition) is 6. The predicted octanol–water partition coefficient (Wildman–Crippen LogP) is 2.38. The lowest BCUT2D eigenvalue weighted by Crippen LogP contribution is -2.49. The van der Waals surface area contributed by atoms with Gasteiger partial charge in [-0.15, -0.1) is 0 Å². The van der Waals surface area contributed by atoms with Crippen molar-refractivity contribution in [3.63, 3.8) is 0 Å². The first kappa shape index (κ1) is 20.2. The zero-order chi connectivity index (χ0) is 21.9. The third-order valence-corrected chi connectivity index (χ3v) is 6.00. The van der Waals surface area contributed by atoms with E-state index in [0.29, 0.717) is 42.7 Å². The summed E-state index contributed by atoms with van der Waals surface area (Å²) in [4.78, 5) is 35.8. The molecular formula is C24H24N4O4. The summed E-state index contributed by atoms with van der Waals surface area (Å²) in [6, 6.07) is 12.6. The smallest absolute Gasteiger partial charge is 0.267 e. The normalized spacial score (nSPS) is 18.4. The van der Waals surface area contributed by atoms with Crippen molar-refractivity contribution in [3.8, 4) is 22.8 Å². The van der Waals surface area contributed by atoms with Gasteiger partial charge in [0.15, 0.2) is 11.5 Å². The van der Waals surface area contributed by atoms with Crippen molar-refractivity contribution in [1.29, 1.82) is 0 Å². The third-order valence-electron chi connectivity index (χ3n) is 6.00. The highest BCUT2D eigenvalue weighted by Gasteiger charge is 2.33. The van der Waals surface area contributed by atoms with Gasteiger partial charge in [0, 0.05) is 43.7 Å². The van der Waals surface area contributed by atoms with Crippen LogP contribution >= 0.6 is 0 Å². The van der Waals surface area contributed by atoms with Crippen molar-refractivity contribution in [3.05, 3.63) is 71.5 Å². The Labute approximate surface area is 185 Å². The summed E-state index contributed by atoms with van der Waals surface area (Å²) in [7, 11) is 0. The van der Waals surface area contributed by atoms with E-state index in [4.69, 9.17) is 9.47 Å². The van der Waals surface area contributed by atoms with E-state index in [9.17, 15) is 9.59 Å². The van der Waals surface area contributed by atoms with Crippen LogP contribution in [0.2, 0.25) is 0 Å². The fraction of sp³-hybridized carbons (Fsp3) is 0.333. The molecule has 2 aromatic heterocycles. The topological polar surface area (TPSA) is 86.6 Å². The zero-order valence-corrected chi connectivity index (χ0v) is 17.6. The summed E-state index contributed by atoms with van der Waals surface area (Å²) in [5, 5.41) is 0. The van der Waals surface area contributed by atoms with Crippen molar-refractivity contribution in [2.75, 3.05) is 19.7 Å². The maximum absolute atomic E-state index is 12.9. The number of rotatable bonds is 4. The number of hydrogen-bond donors (Lipinski definition) is 0. The number of amides is 1. The minimum Gasteiger partial charge on any atom is -0.485 e. The number of pyridine rings is 1. The van der Waals surface area contributed by atoms with Gasteiger partial charge in [0.2, 0.25) is 6.10 Å². The molecule has 0 aliphatic carbocycles. The van der Waals surface area contributed by atoms with Crippen LogP contribution < -0.4 is 15.0 Å². The molecule has 2 aliphatic rings. The van der Waals surface area contributed by atoms with E-state index in [0.717, 1.165) is 18.4 Å². The van der Waals surface area contributed by atoms with Crippen LogP contribution in [-0.4, -0.2) is 51.1 Å². The summed E-state index contributed by atoms with van der Waals surface area (Å²) >= 11 is 0. The molecule has 2 aliphatic heterocycles. The molecule has 8 nitrogen and oxygen atoms in total. The quantitative estimate of drug-likeness (QED) is 0.629. The predicted molar refractivity (Wildman–Crippen MR) is 117 cm³/mol. The van der Waals surface area contributed by atoms with Gasteiger partial charge in [-0.25, -0.2) is 4.98 Å². The molecule has 0 spiro atoms. The van der Waals surface area contributed by atoms with Gasteiger partial charge in [-0.1, -0.05) is 12.1 Å². The number of benzene rings is 1. The summed E-state index contributed by atoms with van der Waals surface area (Å²) in [6.45, 7) is 2.10. The zero-order valence-electron chi connectivity index (χ0n) is 17.6. The van der Waals surface area contributed by atoms with Crippen molar-refractivity contribution in [2.45, 2.75) is 25.5 Å². The van der Waals surface area contributed by atoms with Crippen LogP contribution in [0.15, 0.2) is 66.0 Å². The number of likely N-dealkylation sites (tertiary alicyclic amines) is 1. The van der Waals surface area contributed by atoms with E-state index in [1.807, 2.05) is 41.3 Å². The fourth-order valence-corrected chi connectivity index (χ4v) is 4.19. The maximum atomic E-state index is 12.9. The minimum absolute atomic E-state index is 0.0439. The molecule has 3 aromatic rings. The van der Waals surface area contributed by atoms with Gasteiger partial charge in [0.05, 0.1) is 12.0 Å². The molecule has 0 saturated carbocycles. The maximum Gasteiger partial charge on any atom is 0.267 e. The largest absolute Gasteiger partial charge is 0.485 e. The number of nitrogens with zero attached hydrogens (tertiary/aromatic N) is 4. The first-order valence-electron chi connectivity index (χ1n) is 10.8. The highest BCUT2D eigenvalue weighted by molar-refractivity contribution is 5.82. The first-order valence-corrected chi connectivity index (χ1v) is 10.8. The Morgan fingerprint density at radius 1 is 1.09 bits per heavy atom. The number of para-hydroxylation sites is 2. The lowest BCUT2D eigenvalue weighted by atomic mass is 9.96. The highest BCUT2D eigenvalue weighted by atomic mass is 16.6. The molecule has 32 heavy (non-hydrogen) atoms. The molecule has 0 bridgehead atoms. The molecule has 5 rings (SSSR count). The van der Waals surface area contributed by atoms with Crippen LogP contribution in [0.25, 0.3) is 11.3 Å². The SMILES string of the molecule is O=C(C1COc2ccccc2O1)N1CCC(Cn2cnc(-c3cccnc3)cc2=O)CC1. The Bertz CT molecular complexity index is 1160. The van der Waals surface area contributed by atoms with Gasteiger partial charge < -0.3 is 14.4 Å². The summed E-state index contributed by atoms with van der Waals surface area (Å²) in [6.07, 6.45) is 6.02. The second-order valence-corrected chi connectivity index (χ2v) is 8.14. The van der Waals surface area contributed by atoms with E-state index in [-0.39, 0.29) is 18.1 Å². The molecule has 0 radical (unpaired) electrons. The highest BCUT2D eigenvalue weighted by Crippen LogP contribution is 2.31. The van der Waals surface area contributed by atoms with E-state index >= 15 is 0 Å². The van der Waals surface area contributed by atoms with Crippen LogP contribution in [-0.2, 0) is 11.3 Å². The van der Waals surface area contributed by atoms with Crippen molar-refractivity contribution in [2.24, 2.45) is 5.92 Å². The summed E-state index contributed by atoms with van der Waals surface area (Å²) < 4.78 is 13.2. The van der Waals surface area contributed by atoms with Crippen LogP contribution in [0.3, 0.4) is 0 Å². The number of ether oxygens (including phenoxy) is 2. The Morgan fingerprint density at radius 2 is 1.91 bits per heavy atom. The molecule has 0 N–H and O–H groups in total. The monoisotopic (exact) mass is 432 g/mol. The third kappa shape index (κ3) is 4.21. The Balaban J connectivity index is 1.17. The lowest BCUT2D eigenvalue weighted by Gasteiger charge is -2.35.